The summed E-state index contributed by atoms with van der Waals surface area (Å²) in [5.41, 5.74) is 6.97. The van der Waals surface area contributed by atoms with Crippen molar-refractivity contribution in [2.45, 2.75) is 43.4 Å². The summed E-state index contributed by atoms with van der Waals surface area (Å²) in [6.45, 7) is 3.41. The fraction of sp³-hybridized carbons (Fsp3) is 0.632. The maximum Gasteiger partial charge on any atom is 0.238 e. The van der Waals surface area contributed by atoms with Crippen molar-refractivity contribution in [2.75, 3.05) is 37.6 Å². The summed E-state index contributed by atoms with van der Waals surface area (Å²) in [5.74, 6) is 0.214. The van der Waals surface area contributed by atoms with Crippen LogP contribution in [0.4, 0.5) is 5.69 Å². The quantitative estimate of drug-likeness (QED) is 0.690. The van der Waals surface area contributed by atoms with Crippen LogP contribution in [0.15, 0.2) is 29.2 Å². The second-order valence-corrected chi connectivity index (χ2v) is 9.41. The predicted octanol–water partition coefficient (Wildman–Crippen LogP) is 2.13. The number of piperazine rings is 1. The van der Waals surface area contributed by atoms with Crippen LogP contribution in [0.3, 0.4) is 0 Å². The number of hydrogen-bond acceptors (Lipinski definition) is 5. The van der Waals surface area contributed by atoms with E-state index < -0.39 is 10.0 Å². The Kier molecular flexibility index (Phi) is 9.69. The van der Waals surface area contributed by atoms with Crippen molar-refractivity contribution < 1.29 is 13.2 Å². The monoisotopic (exact) mass is 466 g/mol. The van der Waals surface area contributed by atoms with Crippen LogP contribution in [0, 0.1) is 5.41 Å². The fourth-order valence-electron chi connectivity index (χ4n) is 4.25. The van der Waals surface area contributed by atoms with Gasteiger partial charge in [-0.3, -0.25) is 4.79 Å². The van der Waals surface area contributed by atoms with Gasteiger partial charge in [0.2, 0.25) is 15.9 Å². The van der Waals surface area contributed by atoms with Gasteiger partial charge in [0.1, 0.15) is 0 Å². The van der Waals surface area contributed by atoms with Crippen LogP contribution in [0.1, 0.15) is 38.5 Å². The number of nitrogens with two attached hydrogens (primary N) is 2. The lowest BCUT2D eigenvalue weighted by Crippen LogP contribution is -2.50. The highest BCUT2D eigenvalue weighted by Crippen LogP contribution is 2.38. The molecule has 1 heterocycles. The zero-order chi connectivity index (χ0) is 19.5. The van der Waals surface area contributed by atoms with Crippen molar-refractivity contribution in [3.8, 4) is 0 Å². The topological polar surface area (TPSA) is 110 Å². The molecule has 29 heavy (non-hydrogen) atoms. The molecule has 0 atom stereocenters. The average molecular weight is 467 g/mol. The molecular weight excluding hydrogens is 435 g/mol. The number of benzene rings is 1. The minimum absolute atomic E-state index is 0. The Bertz CT molecular complexity index is 760. The molecule has 1 aromatic rings. The van der Waals surface area contributed by atoms with Crippen LogP contribution in [0.2, 0.25) is 0 Å². The molecule has 0 bridgehead atoms. The molecule has 3 rings (SSSR count). The molecule has 166 valence electrons. The molecule has 7 nitrogen and oxygen atoms in total. The molecule has 1 aliphatic heterocycles. The first-order valence-corrected chi connectivity index (χ1v) is 11.2. The number of primary sulfonamides is 1. The van der Waals surface area contributed by atoms with Crippen molar-refractivity contribution >= 4 is 46.4 Å². The van der Waals surface area contributed by atoms with Crippen molar-refractivity contribution in [1.82, 2.24) is 4.90 Å². The molecule has 1 aliphatic carbocycles. The first-order valence-electron chi connectivity index (χ1n) is 9.69. The summed E-state index contributed by atoms with van der Waals surface area (Å²) in [6, 6.07) is 6.58. The van der Waals surface area contributed by atoms with Gasteiger partial charge >= 0.3 is 0 Å². The Morgan fingerprint density at radius 2 is 1.52 bits per heavy atom. The minimum Gasteiger partial charge on any atom is -0.368 e. The molecule has 1 saturated carbocycles. The summed E-state index contributed by atoms with van der Waals surface area (Å²) in [7, 11) is -3.67. The molecule has 1 amide bonds. The standard InChI is InChI=1S/C19H30N4O3S.2ClH/c20-15-19(8-2-1-3-9-19)14-18(24)23-12-10-22(11-13-23)16-4-6-17(7-5-16)27(21,25)26;;/h4-7H,1-3,8-15,20H2,(H2,21,25,26);2*1H. The van der Waals surface area contributed by atoms with Crippen LogP contribution in [0.25, 0.3) is 0 Å². The average Bonchev–Trinajstić information content (AvgIpc) is 2.68. The molecule has 1 saturated heterocycles. The molecule has 2 fully saturated rings. The molecule has 0 unspecified atom stereocenters. The first-order chi connectivity index (χ1) is 12.8. The molecule has 10 heteroatoms. The van der Waals surface area contributed by atoms with E-state index in [1.165, 1.54) is 31.4 Å². The van der Waals surface area contributed by atoms with E-state index in [9.17, 15) is 13.2 Å². The molecule has 0 spiro atoms. The van der Waals surface area contributed by atoms with E-state index in [2.05, 4.69) is 4.90 Å². The first kappa shape index (κ1) is 26.0. The van der Waals surface area contributed by atoms with Crippen LogP contribution < -0.4 is 15.8 Å². The molecule has 0 aromatic heterocycles. The predicted molar refractivity (Wildman–Crippen MR) is 120 cm³/mol. The van der Waals surface area contributed by atoms with Crippen LogP contribution in [-0.2, 0) is 14.8 Å². The normalized spacial score (nSPS) is 19.1. The van der Waals surface area contributed by atoms with E-state index in [0.29, 0.717) is 26.1 Å². The van der Waals surface area contributed by atoms with Crippen LogP contribution in [0.5, 0.6) is 0 Å². The smallest absolute Gasteiger partial charge is 0.238 e. The highest BCUT2D eigenvalue weighted by Gasteiger charge is 2.35. The van der Waals surface area contributed by atoms with E-state index in [1.807, 2.05) is 4.90 Å². The summed E-state index contributed by atoms with van der Waals surface area (Å²) in [4.78, 5) is 17.0. The number of anilines is 1. The van der Waals surface area contributed by atoms with E-state index in [1.54, 1.807) is 12.1 Å². The summed E-state index contributed by atoms with van der Waals surface area (Å²) in [6.07, 6.45) is 6.28. The summed E-state index contributed by atoms with van der Waals surface area (Å²) in [5, 5.41) is 5.14. The maximum absolute atomic E-state index is 12.8. The lowest BCUT2D eigenvalue weighted by atomic mass is 9.71. The second-order valence-electron chi connectivity index (χ2n) is 7.85. The SMILES string of the molecule is Cl.Cl.NCC1(CC(=O)N2CCN(c3ccc(S(N)(=O)=O)cc3)CC2)CCCCC1. The Morgan fingerprint density at radius 3 is 2.00 bits per heavy atom. The number of nitrogens with zero attached hydrogens (tertiary/aromatic N) is 2. The van der Waals surface area contributed by atoms with Gasteiger partial charge in [0.25, 0.3) is 0 Å². The minimum atomic E-state index is -3.67. The summed E-state index contributed by atoms with van der Waals surface area (Å²) >= 11 is 0. The van der Waals surface area contributed by atoms with E-state index >= 15 is 0 Å². The fourth-order valence-corrected chi connectivity index (χ4v) is 4.76. The maximum atomic E-state index is 12.8. The third kappa shape index (κ3) is 6.46. The zero-order valence-electron chi connectivity index (χ0n) is 16.6. The van der Waals surface area contributed by atoms with Gasteiger partial charge in [0.05, 0.1) is 4.90 Å². The Labute approximate surface area is 186 Å². The van der Waals surface area contributed by atoms with Gasteiger partial charge in [-0.15, -0.1) is 24.8 Å². The largest absolute Gasteiger partial charge is 0.368 e. The van der Waals surface area contributed by atoms with Gasteiger partial charge in [-0.05, 0) is 49.1 Å². The van der Waals surface area contributed by atoms with E-state index in [-0.39, 0.29) is 41.0 Å². The number of carbonyl (C=O) groups is 1. The third-order valence-electron chi connectivity index (χ3n) is 6.04. The molecule has 1 aromatic carbocycles. The summed E-state index contributed by atoms with van der Waals surface area (Å²) < 4.78 is 22.7. The van der Waals surface area contributed by atoms with Crippen LogP contribution >= 0.6 is 24.8 Å². The highest BCUT2D eigenvalue weighted by atomic mass is 35.5. The molecule has 2 aliphatic rings. The molecule has 0 radical (unpaired) electrons. The van der Waals surface area contributed by atoms with Gasteiger partial charge < -0.3 is 15.5 Å². The number of halogens is 2. The zero-order valence-corrected chi connectivity index (χ0v) is 19.0. The molecule has 4 N–H and O–H groups in total. The highest BCUT2D eigenvalue weighted by molar-refractivity contribution is 7.89. The van der Waals surface area contributed by atoms with Gasteiger partial charge in [-0.25, -0.2) is 13.6 Å². The molecular formula is C19H32Cl2N4O3S. The van der Waals surface area contributed by atoms with Gasteiger partial charge in [-0.1, -0.05) is 19.3 Å². The van der Waals surface area contributed by atoms with E-state index in [0.717, 1.165) is 31.6 Å². The van der Waals surface area contributed by atoms with Gasteiger partial charge in [-0.2, -0.15) is 0 Å². The third-order valence-corrected chi connectivity index (χ3v) is 6.97. The Morgan fingerprint density at radius 1 is 0.966 bits per heavy atom. The van der Waals surface area contributed by atoms with Crippen molar-refractivity contribution in [3.05, 3.63) is 24.3 Å². The second kappa shape index (κ2) is 10.8. The number of rotatable bonds is 5. The van der Waals surface area contributed by atoms with Crippen molar-refractivity contribution in [3.63, 3.8) is 0 Å². The number of amides is 1. The Balaban J connectivity index is 0.00000210. The lowest BCUT2D eigenvalue weighted by Gasteiger charge is -2.40. The lowest BCUT2D eigenvalue weighted by molar-refractivity contribution is -0.134. The number of carbonyl (C=O) groups excluding carboxylic acids is 1. The van der Waals surface area contributed by atoms with Gasteiger partial charge in [0, 0.05) is 38.3 Å². The van der Waals surface area contributed by atoms with Gasteiger partial charge in [0.15, 0.2) is 0 Å². The van der Waals surface area contributed by atoms with Crippen LogP contribution in [-0.4, -0.2) is 51.9 Å². The Hall–Kier alpha value is -1.06. The van der Waals surface area contributed by atoms with E-state index in [4.69, 9.17) is 10.9 Å². The number of hydrogen-bond donors (Lipinski definition) is 2. The van der Waals surface area contributed by atoms with Crippen molar-refractivity contribution in [1.29, 1.82) is 0 Å². The number of sulfonamides is 1. The van der Waals surface area contributed by atoms with Crippen molar-refractivity contribution in [2.24, 2.45) is 16.3 Å².